The van der Waals surface area contributed by atoms with Crippen molar-refractivity contribution in [1.82, 2.24) is 10.2 Å². The number of aliphatic imine (C=N–C) groups is 1. The summed E-state index contributed by atoms with van der Waals surface area (Å²) in [7, 11) is 3.86. The monoisotopic (exact) mass is 376 g/mol. The molecule has 1 saturated heterocycles. The van der Waals surface area contributed by atoms with Crippen LogP contribution in [0.3, 0.4) is 0 Å². The lowest BCUT2D eigenvalue weighted by Crippen LogP contribution is -2.41. The second-order valence-corrected chi connectivity index (χ2v) is 6.80. The van der Waals surface area contributed by atoms with Crippen LogP contribution in [0.25, 0.3) is 0 Å². The molecule has 1 aromatic rings. The molecular formula is C20H32N4O3. The van der Waals surface area contributed by atoms with E-state index >= 15 is 0 Å². The average molecular weight is 377 g/mol. The molecule has 1 amide bonds. The summed E-state index contributed by atoms with van der Waals surface area (Å²) in [6.45, 7) is 5.41. The number of anilines is 1. The van der Waals surface area contributed by atoms with Crippen LogP contribution in [0.2, 0.25) is 0 Å². The number of amides is 1. The maximum Gasteiger partial charge on any atom is 0.221 e. The van der Waals surface area contributed by atoms with Gasteiger partial charge in [0.25, 0.3) is 0 Å². The number of carbonyl (C=O) groups excluding carboxylic acids is 1. The summed E-state index contributed by atoms with van der Waals surface area (Å²) in [6, 6.07) is 7.38. The van der Waals surface area contributed by atoms with E-state index in [1.807, 2.05) is 24.3 Å². The van der Waals surface area contributed by atoms with Gasteiger partial charge >= 0.3 is 0 Å². The zero-order valence-corrected chi connectivity index (χ0v) is 16.7. The quantitative estimate of drug-likeness (QED) is 0.414. The maximum absolute atomic E-state index is 11.1. The molecule has 7 nitrogen and oxygen atoms in total. The summed E-state index contributed by atoms with van der Waals surface area (Å²) in [5, 5.41) is 6.08. The number of ether oxygens (including phenoxy) is 2. The Hall–Kier alpha value is -2.28. The van der Waals surface area contributed by atoms with Gasteiger partial charge in [-0.1, -0.05) is 6.07 Å². The fraction of sp³-hybridized carbons (Fsp3) is 0.600. The molecule has 0 radical (unpaired) electrons. The van der Waals surface area contributed by atoms with Crippen LogP contribution in [-0.2, 0) is 9.53 Å². The molecule has 7 heteroatoms. The van der Waals surface area contributed by atoms with Gasteiger partial charge in [-0.3, -0.25) is 9.79 Å². The minimum atomic E-state index is -0.0959. The van der Waals surface area contributed by atoms with Gasteiger partial charge in [0, 0.05) is 52.5 Å². The number of nitrogens with one attached hydrogen (secondary N) is 2. The molecule has 0 aromatic heterocycles. The Balaban J connectivity index is 1.68. The summed E-state index contributed by atoms with van der Waals surface area (Å²) >= 11 is 0. The highest BCUT2D eigenvalue weighted by Gasteiger charge is 2.15. The first kappa shape index (κ1) is 21.0. The normalized spacial score (nSPS) is 15.3. The molecule has 0 unspecified atom stereocenters. The first-order chi connectivity index (χ1) is 13.1. The Kier molecular flexibility index (Phi) is 8.91. The molecule has 1 aromatic carbocycles. The molecule has 1 fully saturated rings. The number of rotatable bonds is 8. The van der Waals surface area contributed by atoms with Gasteiger partial charge in [-0.25, -0.2) is 0 Å². The molecule has 27 heavy (non-hydrogen) atoms. The Labute approximate surface area is 162 Å². The summed E-state index contributed by atoms with van der Waals surface area (Å²) in [6.07, 6.45) is 3.48. The second kappa shape index (κ2) is 11.4. The lowest BCUT2D eigenvalue weighted by molar-refractivity contribution is -0.114. The zero-order valence-electron chi connectivity index (χ0n) is 16.7. The third-order valence-corrected chi connectivity index (χ3v) is 4.60. The number of carbonyl (C=O) groups is 1. The highest BCUT2D eigenvalue weighted by Crippen LogP contribution is 2.18. The summed E-state index contributed by atoms with van der Waals surface area (Å²) in [5.41, 5.74) is 0.733. The number of hydrogen-bond acceptors (Lipinski definition) is 4. The van der Waals surface area contributed by atoms with Crippen molar-refractivity contribution >= 4 is 17.6 Å². The number of guanidine groups is 1. The molecule has 2 rings (SSSR count). The third-order valence-electron chi connectivity index (χ3n) is 4.60. The first-order valence-corrected chi connectivity index (χ1v) is 9.58. The van der Waals surface area contributed by atoms with Crippen LogP contribution in [0.1, 0.15) is 26.2 Å². The largest absolute Gasteiger partial charge is 0.492 e. The van der Waals surface area contributed by atoms with Crippen LogP contribution >= 0.6 is 0 Å². The topological polar surface area (TPSA) is 75.2 Å². The van der Waals surface area contributed by atoms with E-state index in [-0.39, 0.29) is 5.91 Å². The Bertz CT molecular complexity index is 615. The molecule has 0 aliphatic carbocycles. The van der Waals surface area contributed by atoms with Gasteiger partial charge in [-0.05, 0) is 37.3 Å². The molecule has 0 bridgehead atoms. The first-order valence-electron chi connectivity index (χ1n) is 9.58. The smallest absolute Gasteiger partial charge is 0.221 e. The molecule has 0 atom stereocenters. The number of benzene rings is 1. The molecule has 2 N–H and O–H groups in total. The van der Waals surface area contributed by atoms with E-state index in [2.05, 4.69) is 27.6 Å². The van der Waals surface area contributed by atoms with Crippen molar-refractivity contribution in [3.63, 3.8) is 0 Å². The molecule has 150 valence electrons. The fourth-order valence-corrected chi connectivity index (χ4v) is 3.10. The Morgan fingerprint density at radius 3 is 2.85 bits per heavy atom. The Morgan fingerprint density at radius 2 is 2.15 bits per heavy atom. The van der Waals surface area contributed by atoms with Crippen molar-refractivity contribution in [1.29, 1.82) is 0 Å². The van der Waals surface area contributed by atoms with Crippen LogP contribution in [0.4, 0.5) is 5.69 Å². The van der Waals surface area contributed by atoms with Crippen molar-refractivity contribution in [3.05, 3.63) is 24.3 Å². The van der Waals surface area contributed by atoms with E-state index in [0.717, 1.165) is 62.3 Å². The highest BCUT2D eigenvalue weighted by molar-refractivity contribution is 5.88. The van der Waals surface area contributed by atoms with Crippen LogP contribution in [0, 0.1) is 5.92 Å². The van der Waals surface area contributed by atoms with E-state index in [4.69, 9.17) is 9.47 Å². The molecule has 1 aliphatic heterocycles. The van der Waals surface area contributed by atoms with Crippen molar-refractivity contribution < 1.29 is 14.3 Å². The number of hydrogen-bond donors (Lipinski definition) is 2. The van der Waals surface area contributed by atoms with Crippen LogP contribution < -0.4 is 15.4 Å². The van der Waals surface area contributed by atoms with Crippen molar-refractivity contribution in [2.75, 3.05) is 52.3 Å². The van der Waals surface area contributed by atoms with Gasteiger partial charge in [0.1, 0.15) is 12.4 Å². The van der Waals surface area contributed by atoms with E-state index in [9.17, 15) is 4.79 Å². The highest BCUT2D eigenvalue weighted by atomic mass is 16.5. The minimum absolute atomic E-state index is 0.0959. The van der Waals surface area contributed by atoms with Crippen LogP contribution in [0.5, 0.6) is 5.75 Å². The van der Waals surface area contributed by atoms with Crippen molar-refractivity contribution in [2.45, 2.75) is 26.2 Å². The molecule has 0 spiro atoms. The third kappa shape index (κ3) is 7.86. The Morgan fingerprint density at radius 1 is 1.37 bits per heavy atom. The molecule has 1 heterocycles. The second-order valence-electron chi connectivity index (χ2n) is 6.80. The lowest BCUT2D eigenvalue weighted by Gasteiger charge is -2.26. The standard InChI is InChI=1S/C20H32N4O3/c1-16(25)23-18-5-4-6-19(15-18)27-14-10-22-20(21-2)24(3)11-7-17-8-12-26-13-9-17/h4-6,15,17H,7-14H2,1-3H3,(H,21,22)(H,23,25). The SMILES string of the molecule is CN=C(NCCOc1cccc(NC(C)=O)c1)N(C)CCC1CCOCC1. The van der Waals surface area contributed by atoms with Gasteiger partial charge in [-0.2, -0.15) is 0 Å². The van der Waals surface area contributed by atoms with E-state index in [1.165, 1.54) is 6.92 Å². The van der Waals surface area contributed by atoms with E-state index in [0.29, 0.717) is 13.2 Å². The average Bonchev–Trinajstić information content (AvgIpc) is 2.67. The molecule has 0 saturated carbocycles. The van der Waals surface area contributed by atoms with Gasteiger partial charge in [-0.15, -0.1) is 0 Å². The zero-order chi connectivity index (χ0) is 19.5. The predicted octanol–water partition coefficient (Wildman–Crippen LogP) is 2.35. The summed E-state index contributed by atoms with van der Waals surface area (Å²) in [5.74, 6) is 2.25. The minimum Gasteiger partial charge on any atom is -0.492 e. The summed E-state index contributed by atoms with van der Waals surface area (Å²) < 4.78 is 11.2. The maximum atomic E-state index is 11.1. The van der Waals surface area contributed by atoms with Crippen molar-refractivity contribution in [3.8, 4) is 5.75 Å². The molecular weight excluding hydrogens is 344 g/mol. The predicted molar refractivity (Wildman–Crippen MR) is 108 cm³/mol. The summed E-state index contributed by atoms with van der Waals surface area (Å²) in [4.78, 5) is 17.6. The van der Waals surface area contributed by atoms with Gasteiger partial charge in [0.15, 0.2) is 5.96 Å². The number of nitrogens with zero attached hydrogens (tertiary/aromatic N) is 2. The molecule has 1 aliphatic rings. The fourth-order valence-electron chi connectivity index (χ4n) is 3.10. The van der Waals surface area contributed by atoms with E-state index in [1.54, 1.807) is 7.05 Å². The van der Waals surface area contributed by atoms with Crippen LogP contribution in [-0.4, -0.2) is 63.8 Å². The van der Waals surface area contributed by atoms with Crippen LogP contribution in [0.15, 0.2) is 29.3 Å². The van der Waals surface area contributed by atoms with Gasteiger partial charge in [0.05, 0.1) is 6.54 Å². The van der Waals surface area contributed by atoms with Gasteiger partial charge in [0.2, 0.25) is 5.91 Å². The lowest BCUT2D eigenvalue weighted by atomic mass is 9.96. The van der Waals surface area contributed by atoms with Gasteiger partial charge < -0.3 is 25.0 Å². The van der Waals surface area contributed by atoms with E-state index < -0.39 is 0 Å². The van der Waals surface area contributed by atoms with Crippen molar-refractivity contribution in [2.24, 2.45) is 10.9 Å².